The predicted molar refractivity (Wildman–Crippen MR) is 83.3 cm³/mol. The normalized spacial score (nSPS) is 20.1. The first-order valence-electron chi connectivity index (χ1n) is 7.13. The van der Waals surface area contributed by atoms with Gasteiger partial charge in [-0.2, -0.15) is 0 Å². The molecule has 1 aromatic heterocycles. The lowest BCUT2D eigenvalue weighted by Gasteiger charge is -2.23. The average Bonchev–Trinajstić information content (AvgIpc) is 3.06. The molecule has 1 aliphatic rings. The number of urea groups is 1. The minimum absolute atomic E-state index is 0.0432. The van der Waals surface area contributed by atoms with Crippen molar-refractivity contribution in [2.24, 2.45) is 0 Å². The largest absolute Gasteiger partial charge is 0.459 e. The van der Waals surface area contributed by atoms with Crippen LogP contribution in [0.4, 0.5) is 4.79 Å². The van der Waals surface area contributed by atoms with Gasteiger partial charge >= 0.3 is 6.03 Å². The Kier molecular flexibility index (Phi) is 3.82. The number of benzene rings is 1. The summed E-state index contributed by atoms with van der Waals surface area (Å²) in [6.45, 7) is 0.275. The van der Waals surface area contributed by atoms with E-state index < -0.39 is 9.84 Å². The molecule has 0 unspecified atom stereocenters. The van der Waals surface area contributed by atoms with E-state index in [1.165, 1.54) is 4.90 Å². The molecule has 0 saturated carbocycles. The van der Waals surface area contributed by atoms with Gasteiger partial charge in [-0.3, -0.25) is 0 Å². The highest BCUT2D eigenvalue weighted by atomic mass is 32.2. The lowest BCUT2D eigenvalue weighted by atomic mass is 10.2. The number of hydrogen-bond acceptors (Lipinski definition) is 4. The van der Waals surface area contributed by atoms with E-state index in [4.69, 9.17) is 4.42 Å². The summed E-state index contributed by atoms with van der Waals surface area (Å²) < 4.78 is 28.6. The van der Waals surface area contributed by atoms with Gasteiger partial charge in [-0.1, -0.05) is 18.2 Å². The first kappa shape index (κ1) is 14.9. The third kappa shape index (κ3) is 3.09. The average molecular weight is 322 g/mol. The second-order valence-corrected chi connectivity index (χ2v) is 7.81. The highest BCUT2D eigenvalue weighted by molar-refractivity contribution is 7.91. The molecule has 1 aliphatic heterocycles. The molecule has 1 atom stereocenters. The van der Waals surface area contributed by atoms with E-state index in [1.54, 1.807) is 7.05 Å². The molecule has 2 heterocycles. The Morgan fingerprint density at radius 1 is 1.41 bits per heavy atom. The molecule has 7 heteroatoms. The maximum absolute atomic E-state index is 12.1. The molecule has 2 aromatic rings. The molecular weight excluding hydrogens is 304 g/mol. The lowest BCUT2D eigenvalue weighted by molar-refractivity contribution is 0.194. The third-order valence-electron chi connectivity index (χ3n) is 3.97. The summed E-state index contributed by atoms with van der Waals surface area (Å²) in [5, 5.41) is 3.75. The molecule has 6 nitrogen and oxygen atoms in total. The summed E-state index contributed by atoms with van der Waals surface area (Å²) in [6.07, 6.45) is 0.497. The Morgan fingerprint density at radius 2 is 2.18 bits per heavy atom. The van der Waals surface area contributed by atoms with Crippen molar-refractivity contribution in [3.05, 3.63) is 36.1 Å². The van der Waals surface area contributed by atoms with Crippen molar-refractivity contribution in [1.29, 1.82) is 0 Å². The number of sulfone groups is 1. The Hall–Kier alpha value is -2.02. The minimum Gasteiger partial charge on any atom is -0.459 e. The second kappa shape index (κ2) is 5.64. The number of nitrogens with zero attached hydrogens (tertiary/aromatic N) is 1. The van der Waals surface area contributed by atoms with Crippen molar-refractivity contribution in [3.8, 4) is 0 Å². The Bertz CT molecular complexity index is 764. The summed E-state index contributed by atoms with van der Waals surface area (Å²) in [5.41, 5.74) is 0.780. The van der Waals surface area contributed by atoms with Gasteiger partial charge in [0.05, 0.1) is 18.1 Å². The molecule has 3 rings (SSSR count). The van der Waals surface area contributed by atoms with Crippen LogP contribution in [0.25, 0.3) is 11.0 Å². The number of carbonyl (C=O) groups excluding carboxylic acids is 1. The van der Waals surface area contributed by atoms with Gasteiger partial charge in [-0.05, 0) is 18.6 Å². The Morgan fingerprint density at radius 3 is 2.86 bits per heavy atom. The molecule has 0 spiro atoms. The maximum Gasteiger partial charge on any atom is 0.317 e. The van der Waals surface area contributed by atoms with Crippen molar-refractivity contribution in [1.82, 2.24) is 10.2 Å². The molecule has 0 bridgehead atoms. The molecule has 118 valence electrons. The molecule has 1 fully saturated rings. The van der Waals surface area contributed by atoms with Gasteiger partial charge in [-0.25, -0.2) is 13.2 Å². The van der Waals surface area contributed by atoms with Crippen molar-refractivity contribution in [2.75, 3.05) is 18.6 Å². The van der Waals surface area contributed by atoms with E-state index in [0.29, 0.717) is 12.2 Å². The van der Waals surface area contributed by atoms with Crippen molar-refractivity contribution in [2.45, 2.75) is 19.0 Å². The number of amides is 2. The summed E-state index contributed by atoms with van der Waals surface area (Å²) in [4.78, 5) is 13.6. The van der Waals surface area contributed by atoms with E-state index in [0.717, 1.165) is 11.0 Å². The standard InChI is InChI=1S/C15H18N2O4S/c1-17(12-6-7-22(19,20)10-12)15(18)16-9-13-8-11-4-2-3-5-14(11)21-13/h2-5,8,12H,6-7,9-10H2,1H3,(H,16,18)/t12-/m1/s1. The first-order valence-corrected chi connectivity index (χ1v) is 8.95. The molecule has 0 radical (unpaired) electrons. The quantitative estimate of drug-likeness (QED) is 0.934. The fraction of sp³-hybridized carbons (Fsp3) is 0.400. The summed E-state index contributed by atoms with van der Waals surface area (Å²) in [5.74, 6) is 0.863. The topological polar surface area (TPSA) is 79.6 Å². The number of rotatable bonds is 3. The minimum atomic E-state index is -3.00. The van der Waals surface area contributed by atoms with Crippen molar-refractivity contribution < 1.29 is 17.6 Å². The molecule has 2 amide bonds. The number of para-hydroxylation sites is 1. The first-order chi connectivity index (χ1) is 10.4. The van der Waals surface area contributed by atoms with Crippen LogP contribution in [0, 0.1) is 0 Å². The number of fused-ring (bicyclic) bond motifs is 1. The highest BCUT2D eigenvalue weighted by Gasteiger charge is 2.32. The van der Waals surface area contributed by atoms with Crippen LogP contribution in [0.15, 0.2) is 34.7 Å². The lowest BCUT2D eigenvalue weighted by Crippen LogP contribution is -2.43. The van der Waals surface area contributed by atoms with E-state index in [1.807, 2.05) is 30.3 Å². The van der Waals surface area contributed by atoms with Gasteiger partial charge in [0.1, 0.15) is 11.3 Å². The van der Waals surface area contributed by atoms with Crippen molar-refractivity contribution >= 4 is 26.8 Å². The van der Waals surface area contributed by atoms with Crippen LogP contribution in [0.3, 0.4) is 0 Å². The molecule has 1 aromatic carbocycles. The van der Waals surface area contributed by atoms with Gasteiger partial charge in [0.2, 0.25) is 0 Å². The van der Waals surface area contributed by atoms with Gasteiger partial charge in [0, 0.05) is 18.5 Å². The van der Waals surface area contributed by atoms with E-state index >= 15 is 0 Å². The molecule has 1 saturated heterocycles. The Labute approximate surface area is 129 Å². The zero-order valence-corrected chi connectivity index (χ0v) is 13.1. The van der Waals surface area contributed by atoms with Gasteiger partial charge in [-0.15, -0.1) is 0 Å². The number of carbonyl (C=O) groups is 1. The maximum atomic E-state index is 12.1. The van der Waals surface area contributed by atoms with E-state index in [9.17, 15) is 13.2 Å². The van der Waals surface area contributed by atoms with Gasteiger partial charge < -0.3 is 14.6 Å². The Balaban J connectivity index is 1.60. The van der Waals surface area contributed by atoms with E-state index in [-0.39, 0.29) is 30.1 Å². The van der Waals surface area contributed by atoms with Crippen LogP contribution in [-0.4, -0.2) is 43.9 Å². The number of furan rings is 1. The molecular formula is C15H18N2O4S. The summed E-state index contributed by atoms with van der Waals surface area (Å²) in [6, 6.07) is 8.98. The van der Waals surface area contributed by atoms with Crippen LogP contribution in [0.2, 0.25) is 0 Å². The number of hydrogen-bond donors (Lipinski definition) is 1. The predicted octanol–water partition coefficient (Wildman–Crippen LogP) is 1.76. The summed E-state index contributed by atoms with van der Waals surface area (Å²) in [7, 11) is -1.37. The van der Waals surface area contributed by atoms with Crippen LogP contribution < -0.4 is 5.32 Å². The third-order valence-corrected chi connectivity index (χ3v) is 5.72. The SMILES string of the molecule is CN(C(=O)NCc1cc2ccccc2o1)[C@@H]1CCS(=O)(=O)C1. The monoisotopic (exact) mass is 322 g/mol. The number of nitrogens with one attached hydrogen (secondary N) is 1. The highest BCUT2D eigenvalue weighted by Crippen LogP contribution is 2.19. The fourth-order valence-corrected chi connectivity index (χ4v) is 4.43. The smallest absolute Gasteiger partial charge is 0.317 e. The van der Waals surface area contributed by atoms with Crippen molar-refractivity contribution in [3.63, 3.8) is 0 Å². The zero-order valence-electron chi connectivity index (χ0n) is 12.3. The van der Waals surface area contributed by atoms with Crippen LogP contribution >= 0.6 is 0 Å². The molecule has 0 aliphatic carbocycles. The van der Waals surface area contributed by atoms with Gasteiger partial charge in [0.15, 0.2) is 9.84 Å². The van der Waals surface area contributed by atoms with Crippen LogP contribution in [0.1, 0.15) is 12.2 Å². The summed E-state index contributed by atoms with van der Waals surface area (Å²) >= 11 is 0. The van der Waals surface area contributed by atoms with E-state index in [2.05, 4.69) is 5.32 Å². The zero-order chi connectivity index (χ0) is 15.7. The molecule has 1 N–H and O–H groups in total. The fourth-order valence-electron chi connectivity index (χ4n) is 2.66. The second-order valence-electron chi connectivity index (χ2n) is 5.58. The van der Waals surface area contributed by atoms with Crippen LogP contribution in [-0.2, 0) is 16.4 Å². The van der Waals surface area contributed by atoms with Crippen LogP contribution in [0.5, 0.6) is 0 Å². The van der Waals surface area contributed by atoms with Gasteiger partial charge in [0.25, 0.3) is 0 Å². The molecule has 22 heavy (non-hydrogen) atoms.